The van der Waals surface area contributed by atoms with Crippen LogP contribution in [0, 0.1) is 11.3 Å². The highest BCUT2D eigenvalue weighted by molar-refractivity contribution is 9.10. The van der Waals surface area contributed by atoms with Crippen LogP contribution in [0.3, 0.4) is 0 Å². The van der Waals surface area contributed by atoms with Crippen molar-refractivity contribution < 1.29 is 4.74 Å². The minimum absolute atomic E-state index is 0.610. The first-order chi connectivity index (χ1) is 7.77. The second-order valence-electron chi connectivity index (χ2n) is 3.41. The van der Waals surface area contributed by atoms with Crippen molar-refractivity contribution >= 4 is 15.9 Å². The van der Waals surface area contributed by atoms with E-state index in [1.165, 1.54) is 5.56 Å². The van der Waals surface area contributed by atoms with Gasteiger partial charge in [-0.15, -0.1) is 0 Å². The lowest BCUT2D eigenvalue weighted by atomic mass is 10.2. The highest BCUT2D eigenvalue weighted by Gasteiger charge is 2.00. The van der Waals surface area contributed by atoms with Gasteiger partial charge in [0.05, 0.1) is 17.7 Å². The molecule has 0 unspecified atom stereocenters. The molecule has 0 aliphatic rings. The lowest BCUT2D eigenvalue weighted by Gasteiger charge is -2.07. The number of nitrogens with zero attached hydrogens (tertiary/aromatic N) is 1. The van der Waals surface area contributed by atoms with E-state index in [0.29, 0.717) is 6.42 Å². The van der Waals surface area contributed by atoms with Crippen LogP contribution < -0.4 is 10.1 Å². The molecule has 0 fully saturated rings. The molecule has 1 aromatic rings. The third kappa shape index (κ3) is 4.21. The molecule has 1 aromatic carbocycles. The number of nitriles is 1. The molecule has 0 aromatic heterocycles. The van der Waals surface area contributed by atoms with Crippen LogP contribution >= 0.6 is 15.9 Å². The van der Waals surface area contributed by atoms with E-state index in [0.717, 1.165) is 29.7 Å². The Hall–Kier alpha value is -1.05. The van der Waals surface area contributed by atoms with Crippen molar-refractivity contribution in [3.63, 3.8) is 0 Å². The predicted octanol–water partition coefficient (Wildman–Crippen LogP) is 2.85. The fourth-order valence-electron chi connectivity index (χ4n) is 1.35. The van der Waals surface area contributed by atoms with E-state index in [1.807, 2.05) is 18.2 Å². The molecule has 0 saturated heterocycles. The Labute approximate surface area is 105 Å². The minimum atomic E-state index is 0.610. The molecule has 0 bridgehead atoms. The van der Waals surface area contributed by atoms with E-state index in [-0.39, 0.29) is 0 Å². The van der Waals surface area contributed by atoms with Crippen LogP contribution in [-0.4, -0.2) is 13.7 Å². The molecule has 86 valence electrons. The fourth-order valence-corrected chi connectivity index (χ4v) is 1.93. The molecule has 0 spiro atoms. The second-order valence-corrected chi connectivity index (χ2v) is 4.26. The lowest BCUT2D eigenvalue weighted by molar-refractivity contribution is 0.412. The van der Waals surface area contributed by atoms with Gasteiger partial charge < -0.3 is 10.1 Å². The SMILES string of the molecule is COc1ccc(CNCCCC#N)cc1Br. The standard InChI is InChI=1S/C12H15BrN2O/c1-16-12-5-4-10(8-11(12)13)9-15-7-3-2-6-14/h4-5,8,15H,2-3,7,9H2,1H3. The molecule has 0 aliphatic carbocycles. The zero-order valence-corrected chi connectivity index (χ0v) is 10.9. The van der Waals surface area contributed by atoms with E-state index in [2.05, 4.69) is 27.3 Å². The fraction of sp³-hybridized carbons (Fsp3) is 0.417. The minimum Gasteiger partial charge on any atom is -0.496 e. The quantitative estimate of drug-likeness (QED) is 0.816. The second kappa shape index (κ2) is 7.26. The molecule has 0 atom stereocenters. The Balaban J connectivity index is 2.38. The summed E-state index contributed by atoms with van der Waals surface area (Å²) in [6, 6.07) is 8.13. The summed E-state index contributed by atoms with van der Waals surface area (Å²) in [6.45, 7) is 1.69. The number of methoxy groups -OCH3 is 1. The van der Waals surface area contributed by atoms with Gasteiger partial charge in [-0.1, -0.05) is 6.07 Å². The molecule has 4 heteroatoms. The highest BCUT2D eigenvalue weighted by atomic mass is 79.9. The zero-order valence-electron chi connectivity index (χ0n) is 9.29. The first-order valence-electron chi connectivity index (χ1n) is 5.18. The van der Waals surface area contributed by atoms with Gasteiger partial charge in [-0.2, -0.15) is 5.26 Å². The van der Waals surface area contributed by atoms with E-state index in [9.17, 15) is 0 Å². The number of benzene rings is 1. The van der Waals surface area contributed by atoms with Crippen molar-refractivity contribution in [1.82, 2.24) is 5.32 Å². The molecule has 3 nitrogen and oxygen atoms in total. The maximum Gasteiger partial charge on any atom is 0.133 e. The van der Waals surface area contributed by atoms with Crippen molar-refractivity contribution in [2.75, 3.05) is 13.7 Å². The zero-order chi connectivity index (χ0) is 11.8. The summed E-state index contributed by atoms with van der Waals surface area (Å²) in [7, 11) is 1.65. The molecular weight excluding hydrogens is 268 g/mol. The number of hydrogen-bond donors (Lipinski definition) is 1. The van der Waals surface area contributed by atoms with Crippen LogP contribution in [0.5, 0.6) is 5.75 Å². The van der Waals surface area contributed by atoms with Crippen molar-refractivity contribution in [1.29, 1.82) is 5.26 Å². The van der Waals surface area contributed by atoms with Gasteiger partial charge in [0.2, 0.25) is 0 Å². The largest absolute Gasteiger partial charge is 0.496 e. The third-order valence-corrected chi connectivity index (χ3v) is 2.81. The molecule has 0 radical (unpaired) electrons. The van der Waals surface area contributed by atoms with Crippen LogP contribution in [0.4, 0.5) is 0 Å². The summed E-state index contributed by atoms with van der Waals surface area (Å²) < 4.78 is 6.12. The molecule has 16 heavy (non-hydrogen) atoms. The first kappa shape index (κ1) is 13.0. The Bertz CT molecular complexity index is 374. The van der Waals surface area contributed by atoms with Crippen LogP contribution in [-0.2, 0) is 6.54 Å². The molecular formula is C12H15BrN2O. The topological polar surface area (TPSA) is 45.0 Å². The average molecular weight is 283 g/mol. The molecule has 0 aliphatic heterocycles. The third-order valence-electron chi connectivity index (χ3n) is 2.19. The predicted molar refractivity (Wildman–Crippen MR) is 67.2 cm³/mol. The first-order valence-corrected chi connectivity index (χ1v) is 5.97. The molecule has 0 heterocycles. The van der Waals surface area contributed by atoms with Crippen molar-refractivity contribution in [2.24, 2.45) is 0 Å². The monoisotopic (exact) mass is 282 g/mol. The van der Waals surface area contributed by atoms with Crippen molar-refractivity contribution in [3.8, 4) is 11.8 Å². The number of unbranched alkanes of at least 4 members (excludes halogenated alkanes) is 1. The van der Waals surface area contributed by atoms with Crippen LogP contribution in [0.2, 0.25) is 0 Å². The molecule has 1 N–H and O–H groups in total. The van der Waals surface area contributed by atoms with E-state index in [1.54, 1.807) is 7.11 Å². The van der Waals surface area contributed by atoms with E-state index < -0.39 is 0 Å². The maximum absolute atomic E-state index is 8.38. The number of halogens is 1. The van der Waals surface area contributed by atoms with Crippen molar-refractivity contribution in [3.05, 3.63) is 28.2 Å². The van der Waals surface area contributed by atoms with Gasteiger partial charge in [-0.3, -0.25) is 0 Å². The van der Waals surface area contributed by atoms with Gasteiger partial charge in [0, 0.05) is 13.0 Å². The van der Waals surface area contributed by atoms with E-state index >= 15 is 0 Å². The normalized spacial score (nSPS) is 9.81. The summed E-state index contributed by atoms with van der Waals surface area (Å²) in [6.07, 6.45) is 1.51. The molecule has 0 amide bonds. The molecule has 1 rings (SSSR count). The highest BCUT2D eigenvalue weighted by Crippen LogP contribution is 2.25. The number of rotatable bonds is 6. The summed E-state index contributed by atoms with van der Waals surface area (Å²) in [5.74, 6) is 0.841. The van der Waals surface area contributed by atoms with Crippen LogP contribution in [0.15, 0.2) is 22.7 Å². The Morgan fingerprint density at radius 1 is 1.50 bits per heavy atom. The van der Waals surface area contributed by atoms with Crippen molar-refractivity contribution in [2.45, 2.75) is 19.4 Å². The van der Waals surface area contributed by atoms with E-state index in [4.69, 9.17) is 10.00 Å². The summed E-state index contributed by atoms with van der Waals surface area (Å²) in [4.78, 5) is 0. The summed E-state index contributed by atoms with van der Waals surface area (Å²) in [5.41, 5.74) is 1.20. The summed E-state index contributed by atoms with van der Waals surface area (Å²) in [5, 5.41) is 11.7. The number of ether oxygens (including phenoxy) is 1. The van der Waals surface area contributed by atoms with Crippen LogP contribution in [0.1, 0.15) is 18.4 Å². The van der Waals surface area contributed by atoms with Gasteiger partial charge in [0.1, 0.15) is 5.75 Å². The molecule has 0 saturated carbocycles. The van der Waals surface area contributed by atoms with Gasteiger partial charge in [0.15, 0.2) is 0 Å². The lowest BCUT2D eigenvalue weighted by Crippen LogP contribution is -2.14. The number of hydrogen-bond acceptors (Lipinski definition) is 3. The maximum atomic E-state index is 8.38. The smallest absolute Gasteiger partial charge is 0.133 e. The Morgan fingerprint density at radius 2 is 2.31 bits per heavy atom. The van der Waals surface area contributed by atoms with Crippen LogP contribution in [0.25, 0.3) is 0 Å². The Kier molecular flexibility index (Phi) is 5.91. The van der Waals surface area contributed by atoms with Gasteiger partial charge in [0.25, 0.3) is 0 Å². The van der Waals surface area contributed by atoms with Gasteiger partial charge in [-0.05, 0) is 46.6 Å². The number of nitrogens with one attached hydrogen (secondary N) is 1. The summed E-state index contributed by atoms with van der Waals surface area (Å²) >= 11 is 3.45. The Morgan fingerprint density at radius 3 is 2.94 bits per heavy atom. The average Bonchev–Trinajstić information content (AvgIpc) is 2.29. The van der Waals surface area contributed by atoms with Gasteiger partial charge >= 0.3 is 0 Å². The van der Waals surface area contributed by atoms with Gasteiger partial charge in [-0.25, -0.2) is 0 Å².